The molecule has 19 heavy (non-hydrogen) atoms. The molecule has 0 saturated heterocycles. The molecule has 0 atom stereocenters. The molecule has 1 aromatic rings. The lowest BCUT2D eigenvalue weighted by atomic mass is 10.2. The average Bonchev–Trinajstić information content (AvgIpc) is 2.86. The van der Waals surface area contributed by atoms with Gasteiger partial charge < -0.3 is 10.5 Å². The lowest BCUT2D eigenvalue weighted by Crippen LogP contribution is -2.27. The van der Waals surface area contributed by atoms with Crippen molar-refractivity contribution in [3.8, 4) is 17.9 Å². The van der Waals surface area contributed by atoms with Crippen LogP contribution in [0.25, 0.3) is 0 Å². The van der Waals surface area contributed by atoms with Crippen LogP contribution in [0.2, 0.25) is 0 Å². The summed E-state index contributed by atoms with van der Waals surface area (Å²) >= 11 is 1.69. The van der Waals surface area contributed by atoms with E-state index in [4.69, 9.17) is 15.7 Å². The average molecular weight is 277 g/mol. The number of ether oxygens (including phenoxy) is 1. The van der Waals surface area contributed by atoms with Gasteiger partial charge in [-0.15, -0.1) is 11.3 Å². The molecule has 0 aliphatic carbocycles. The van der Waals surface area contributed by atoms with E-state index in [1.165, 1.54) is 4.88 Å². The Balaban J connectivity index is 2.66. The van der Waals surface area contributed by atoms with Crippen LogP contribution >= 0.6 is 11.3 Å². The smallest absolute Gasteiger partial charge is 0.0635 e. The highest BCUT2D eigenvalue weighted by molar-refractivity contribution is 7.10. The van der Waals surface area contributed by atoms with Gasteiger partial charge in [-0.05, 0) is 11.4 Å². The van der Waals surface area contributed by atoms with Crippen molar-refractivity contribution >= 4 is 11.3 Å². The van der Waals surface area contributed by atoms with Gasteiger partial charge in [-0.3, -0.25) is 4.90 Å². The van der Waals surface area contributed by atoms with E-state index >= 15 is 0 Å². The second kappa shape index (κ2) is 9.55. The lowest BCUT2D eigenvalue weighted by molar-refractivity contribution is 0.146. The molecule has 0 aliphatic heterocycles. The van der Waals surface area contributed by atoms with Crippen molar-refractivity contribution in [1.82, 2.24) is 4.90 Å². The SMILES string of the molecule is COCCN(CCC#N)Cc1sccc1C#CCN. The van der Waals surface area contributed by atoms with Gasteiger partial charge >= 0.3 is 0 Å². The lowest BCUT2D eigenvalue weighted by Gasteiger charge is -2.20. The van der Waals surface area contributed by atoms with Crippen LogP contribution in [-0.2, 0) is 11.3 Å². The highest BCUT2D eigenvalue weighted by Gasteiger charge is 2.09. The maximum atomic E-state index is 8.70. The maximum absolute atomic E-state index is 8.70. The topological polar surface area (TPSA) is 62.3 Å². The van der Waals surface area contributed by atoms with Gasteiger partial charge in [0.05, 0.1) is 19.2 Å². The van der Waals surface area contributed by atoms with Crippen molar-refractivity contribution in [3.05, 3.63) is 21.9 Å². The number of nitriles is 1. The second-order valence-corrected chi connectivity index (χ2v) is 4.94. The van der Waals surface area contributed by atoms with Crippen molar-refractivity contribution in [3.63, 3.8) is 0 Å². The van der Waals surface area contributed by atoms with Crippen LogP contribution in [0.5, 0.6) is 0 Å². The van der Waals surface area contributed by atoms with Gasteiger partial charge in [0.1, 0.15) is 0 Å². The van der Waals surface area contributed by atoms with Crippen LogP contribution in [0.4, 0.5) is 0 Å². The fourth-order valence-electron chi connectivity index (χ4n) is 1.62. The van der Waals surface area contributed by atoms with Crippen molar-refractivity contribution in [2.45, 2.75) is 13.0 Å². The number of nitrogens with zero attached hydrogens (tertiary/aromatic N) is 2. The summed E-state index contributed by atoms with van der Waals surface area (Å²) in [6, 6.07) is 4.19. The highest BCUT2D eigenvalue weighted by Crippen LogP contribution is 2.18. The van der Waals surface area contributed by atoms with Crippen LogP contribution in [0, 0.1) is 23.2 Å². The van der Waals surface area contributed by atoms with E-state index in [2.05, 4.69) is 22.8 Å². The van der Waals surface area contributed by atoms with E-state index in [1.54, 1.807) is 18.4 Å². The molecule has 0 saturated carbocycles. The number of hydrogen-bond acceptors (Lipinski definition) is 5. The van der Waals surface area contributed by atoms with Gasteiger partial charge in [0.25, 0.3) is 0 Å². The second-order valence-electron chi connectivity index (χ2n) is 3.94. The Labute approximate surface area is 118 Å². The minimum absolute atomic E-state index is 0.372. The van der Waals surface area contributed by atoms with E-state index in [-0.39, 0.29) is 0 Å². The number of thiophene rings is 1. The Kier molecular flexibility index (Phi) is 7.88. The number of methoxy groups -OCH3 is 1. The van der Waals surface area contributed by atoms with E-state index < -0.39 is 0 Å². The molecular weight excluding hydrogens is 258 g/mol. The van der Waals surface area contributed by atoms with Crippen molar-refractivity contribution in [2.24, 2.45) is 5.73 Å². The predicted molar refractivity (Wildman–Crippen MR) is 77.6 cm³/mol. The maximum Gasteiger partial charge on any atom is 0.0635 e. The molecule has 0 bridgehead atoms. The fraction of sp³-hybridized carbons (Fsp3) is 0.500. The van der Waals surface area contributed by atoms with E-state index in [1.807, 2.05) is 11.4 Å². The van der Waals surface area contributed by atoms with Crippen LogP contribution in [0.3, 0.4) is 0 Å². The van der Waals surface area contributed by atoms with Crippen molar-refractivity contribution in [1.29, 1.82) is 5.26 Å². The summed E-state index contributed by atoms with van der Waals surface area (Å²) in [7, 11) is 1.69. The van der Waals surface area contributed by atoms with Gasteiger partial charge in [0.15, 0.2) is 0 Å². The van der Waals surface area contributed by atoms with E-state index in [0.29, 0.717) is 19.6 Å². The Bertz CT molecular complexity index is 467. The third-order valence-corrected chi connectivity index (χ3v) is 3.49. The van der Waals surface area contributed by atoms with Crippen LogP contribution in [-0.4, -0.2) is 38.3 Å². The Hall–Kier alpha value is -1.37. The molecule has 1 heterocycles. The van der Waals surface area contributed by atoms with E-state index in [9.17, 15) is 0 Å². The van der Waals surface area contributed by atoms with Crippen LogP contribution in [0.1, 0.15) is 16.9 Å². The number of nitrogens with two attached hydrogens (primary N) is 1. The summed E-state index contributed by atoms with van der Waals surface area (Å²) in [6.07, 6.45) is 0.527. The molecule has 2 N–H and O–H groups in total. The van der Waals surface area contributed by atoms with Gasteiger partial charge in [-0.1, -0.05) is 11.8 Å². The zero-order valence-corrected chi connectivity index (χ0v) is 12.0. The summed E-state index contributed by atoms with van der Waals surface area (Å²) in [4.78, 5) is 3.43. The Morgan fingerprint density at radius 2 is 2.32 bits per heavy atom. The minimum atomic E-state index is 0.372. The van der Waals surface area contributed by atoms with Crippen molar-refractivity contribution < 1.29 is 4.74 Å². The molecule has 0 aliphatic rings. The molecule has 0 amide bonds. The largest absolute Gasteiger partial charge is 0.383 e. The summed E-state index contributed by atoms with van der Waals surface area (Å²) in [5.41, 5.74) is 6.43. The van der Waals surface area contributed by atoms with E-state index in [0.717, 1.165) is 25.2 Å². The Morgan fingerprint density at radius 3 is 3.00 bits per heavy atom. The summed E-state index contributed by atoms with van der Waals surface area (Å²) < 4.78 is 5.10. The van der Waals surface area contributed by atoms with Crippen LogP contribution < -0.4 is 5.73 Å². The molecule has 0 aromatic carbocycles. The first kappa shape index (κ1) is 15.7. The zero-order valence-electron chi connectivity index (χ0n) is 11.2. The minimum Gasteiger partial charge on any atom is -0.383 e. The van der Waals surface area contributed by atoms with Gasteiger partial charge in [-0.25, -0.2) is 0 Å². The quantitative estimate of drug-likeness (QED) is 0.766. The molecule has 0 unspecified atom stereocenters. The van der Waals surface area contributed by atoms with Gasteiger partial charge in [-0.2, -0.15) is 5.26 Å². The summed E-state index contributed by atoms with van der Waals surface area (Å²) in [5.74, 6) is 5.96. The molecule has 1 rings (SSSR count). The van der Waals surface area contributed by atoms with Crippen molar-refractivity contribution in [2.75, 3.05) is 33.4 Å². The summed E-state index contributed by atoms with van der Waals surface area (Å²) in [6.45, 7) is 3.41. The monoisotopic (exact) mass is 277 g/mol. The zero-order chi connectivity index (χ0) is 13.9. The number of hydrogen-bond donors (Lipinski definition) is 1. The molecule has 0 radical (unpaired) electrons. The first-order valence-electron chi connectivity index (χ1n) is 6.15. The van der Waals surface area contributed by atoms with Gasteiger partial charge in [0.2, 0.25) is 0 Å². The molecule has 0 fully saturated rings. The van der Waals surface area contributed by atoms with Crippen LogP contribution in [0.15, 0.2) is 11.4 Å². The highest BCUT2D eigenvalue weighted by atomic mass is 32.1. The number of rotatable bonds is 7. The third-order valence-electron chi connectivity index (χ3n) is 2.59. The Morgan fingerprint density at radius 1 is 1.47 bits per heavy atom. The molecular formula is C14H19N3OS. The predicted octanol–water partition coefficient (Wildman–Crippen LogP) is 1.42. The third kappa shape index (κ3) is 5.87. The summed E-state index contributed by atoms with van der Waals surface area (Å²) in [5, 5.41) is 10.7. The molecule has 1 aromatic heterocycles. The first-order valence-corrected chi connectivity index (χ1v) is 7.03. The molecule has 4 nitrogen and oxygen atoms in total. The molecule has 0 spiro atoms. The fourth-order valence-corrected chi connectivity index (χ4v) is 2.49. The molecule has 5 heteroatoms. The van der Waals surface area contributed by atoms with Gasteiger partial charge in [0, 0.05) is 43.6 Å². The standard InChI is InChI=1S/C14H19N3OS/c1-18-10-9-17(8-3-7-16)12-14-13(4-2-6-15)5-11-19-14/h5,11H,3,6,8-10,12,15H2,1H3. The molecule has 102 valence electrons. The first-order chi connectivity index (χ1) is 9.31. The normalized spacial score (nSPS) is 10.0.